The van der Waals surface area contributed by atoms with Crippen LogP contribution in [0.4, 0.5) is 11.4 Å². The monoisotopic (exact) mass is 428 g/mol. The van der Waals surface area contributed by atoms with E-state index in [9.17, 15) is 14.4 Å². The third-order valence-electron chi connectivity index (χ3n) is 5.27. The second-order valence-electron chi connectivity index (χ2n) is 7.41. The van der Waals surface area contributed by atoms with Gasteiger partial charge in [0, 0.05) is 48.1 Å². The molecule has 4 rings (SSSR count). The van der Waals surface area contributed by atoms with E-state index in [-0.39, 0.29) is 6.04 Å². The quantitative estimate of drug-likeness (QED) is 0.611. The van der Waals surface area contributed by atoms with Gasteiger partial charge in [0.15, 0.2) is 5.58 Å². The van der Waals surface area contributed by atoms with Crippen LogP contribution < -0.4 is 16.0 Å². The van der Waals surface area contributed by atoms with Crippen molar-refractivity contribution in [2.45, 2.75) is 19.9 Å². The highest BCUT2D eigenvalue weighted by Crippen LogP contribution is 2.25. The largest absolute Gasteiger partial charge is 0.417 e. The van der Waals surface area contributed by atoms with Crippen LogP contribution in [0.5, 0.6) is 0 Å². The molecule has 0 bridgehead atoms. The van der Waals surface area contributed by atoms with E-state index in [0.29, 0.717) is 36.4 Å². The predicted molar refractivity (Wildman–Crippen MR) is 115 cm³/mol. The Hall–Kier alpha value is -3.26. The van der Waals surface area contributed by atoms with Crippen LogP contribution in [0.15, 0.2) is 45.6 Å². The number of nitrogens with zero attached hydrogens (tertiary/aromatic N) is 2. The van der Waals surface area contributed by atoms with Crippen molar-refractivity contribution in [1.82, 2.24) is 9.88 Å². The molecule has 2 aromatic carbocycles. The number of anilines is 2. The lowest BCUT2D eigenvalue weighted by Gasteiger charge is -2.40. The second-order valence-corrected chi connectivity index (χ2v) is 7.81. The van der Waals surface area contributed by atoms with E-state index in [1.54, 1.807) is 17.0 Å². The first kappa shape index (κ1) is 20.0. The molecule has 0 unspecified atom stereocenters. The number of piperazine rings is 1. The first-order valence-electron chi connectivity index (χ1n) is 9.58. The summed E-state index contributed by atoms with van der Waals surface area (Å²) in [5.41, 5.74) is 3.25. The maximum Gasteiger partial charge on any atom is 0.417 e. The van der Waals surface area contributed by atoms with Crippen molar-refractivity contribution in [3.8, 4) is 0 Å². The number of oxazole rings is 1. The number of nitrogens with one attached hydrogen (secondary N) is 2. The van der Waals surface area contributed by atoms with Gasteiger partial charge in [-0.3, -0.25) is 14.6 Å². The fourth-order valence-corrected chi connectivity index (χ4v) is 3.78. The molecular formula is C21H21ClN4O4. The molecule has 2 amide bonds. The lowest BCUT2D eigenvalue weighted by molar-refractivity contribution is -0.144. The van der Waals surface area contributed by atoms with Gasteiger partial charge in [0.05, 0.1) is 5.52 Å². The summed E-state index contributed by atoms with van der Waals surface area (Å²) in [5.74, 6) is -1.90. The zero-order chi connectivity index (χ0) is 21.4. The van der Waals surface area contributed by atoms with Crippen molar-refractivity contribution in [2.24, 2.45) is 0 Å². The summed E-state index contributed by atoms with van der Waals surface area (Å²) < 4.78 is 4.98. The molecule has 1 atom stereocenters. The molecule has 0 saturated carbocycles. The number of amides is 2. The number of rotatable bonds is 2. The summed E-state index contributed by atoms with van der Waals surface area (Å²) in [6, 6.07) is 10.4. The van der Waals surface area contributed by atoms with Crippen LogP contribution in [0.3, 0.4) is 0 Å². The minimum atomic E-state index is -0.727. The van der Waals surface area contributed by atoms with Crippen LogP contribution in [0.2, 0.25) is 5.02 Å². The van der Waals surface area contributed by atoms with Gasteiger partial charge in [-0.2, -0.15) is 0 Å². The van der Waals surface area contributed by atoms with E-state index in [0.717, 1.165) is 16.3 Å². The Kier molecular flexibility index (Phi) is 5.26. The van der Waals surface area contributed by atoms with Crippen molar-refractivity contribution in [3.63, 3.8) is 0 Å². The molecule has 0 radical (unpaired) electrons. The molecule has 9 heteroatoms. The molecular weight excluding hydrogens is 408 g/mol. The van der Waals surface area contributed by atoms with Crippen molar-refractivity contribution >= 4 is 45.9 Å². The molecule has 1 fully saturated rings. The number of fused-ring (bicyclic) bond motifs is 1. The topological polar surface area (TPSA) is 98.6 Å². The number of aromatic amines is 1. The Morgan fingerprint density at radius 2 is 2.00 bits per heavy atom. The van der Waals surface area contributed by atoms with Gasteiger partial charge in [-0.05, 0) is 49.7 Å². The Balaban J connectivity index is 1.42. The number of carbonyl (C=O) groups excluding carboxylic acids is 2. The van der Waals surface area contributed by atoms with Crippen molar-refractivity contribution in [2.75, 3.05) is 29.9 Å². The predicted octanol–water partition coefficient (Wildman–Crippen LogP) is 2.76. The maximum absolute atomic E-state index is 12.7. The maximum atomic E-state index is 12.7. The fourth-order valence-electron chi connectivity index (χ4n) is 3.66. The zero-order valence-electron chi connectivity index (χ0n) is 16.6. The third-order valence-corrected chi connectivity index (χ3v) is 5.69. The van der Waals surface area contributed by atoms with E-state index in [1.165, 1.54) is 6.07 Å². The second kappa shape index (κ2) is 7.87. The minimum absolute atomic E-state index is 0.141. The van der Waals surface area contributed by atoms with E-state index >= 15 is 0 Å². The van der Waals surface area contributed by atoms with Crippen LogP contribution in [0, 0.1) is 6.92 Å². The molecule has 156 valence electrons. The number of H-pyrrole nitrogens is 1. The van der Waals surface area contributed by atoms with Gasteiger partial charge in [0.2, 0.25) is 0 Å². The number of carbonyl (C=O) groups is 2. The van der Waals surface area contributed by atoms with Crippen molar-refractivity contribution in [1.29, 1.82) is 0 Å². The average Bonchev–Trinajstić information content (AvgIpc) is 3.08. The van der Waals surface area contributed by atoms with E-state index in [1.807, 2.05) is 32.0 Å². The van der Waals surface area contributed by atoms with Gasteiger partial charge in [-0.25, -0.2) is 4.79 Å². The molecule has 0 aliphatic carbocycles. The van der Waals surface area contributed by atoms with Crippen LogP contribution in [0.1, 0.15) is 12.5 Å². The molecule has 0 spiro atoms. The molecule has 1 aliphatic heterocycles. The molecule has 1 aromatic heterocycles. The van der Waals surface area contributed by atoms with Crippen LogP contribution in [0.25, 0.3) is 11.1 Å². The van der Waals surface area contributed by atoms with Gasteiger partial charge < -0.3 is 19.5 Å². The summed E-state index contributed by atoms with van der Waals surface area (Å²) in [5, 5.41) is 3.30. The highest BCUT2D eigenvalue weighted by atomic mass is 35.5. The zero-order valence-corrected chi connectivity index (χ0v) is 17.3. The molecule has 2 N–H and O–H groups in total. The van der Waals surface area contributed by atoms with E-state index in [2.05, 4.69) is 15.2 Å². The van der Waals surface area contributed by atoms with Gasteiger partial charge in [0.25, 0.3) is 0 Å². The molecule has 3 aromatic rings. The number of aromatic nitrogens is 1. The average molecular weight is 429 g/mol. The number of benzene rings is 2. The molecule has 30 heavy (non-hydrogen) atoms. The van der Waals surface area contributed by atoms with Crippen LogP contribution in [-0.4, -0.2) is 47.4 Å². The van der Waals surface area contributed by atoms with Gasteiger partial charge in [0.1, 0.15) is 0 Å². The summed E-state index contributed by atoms with van der Waals surface area (Å²) in [6.45, 7) is 5.53. The number of halogens is 1. The Morgan fingerprint density at radius 3 is 2.73 bits per heavy atom. The Labute approximate surface area is 177 Å². The first-order valence-corrected chi connectivity index (χ1v) is 9.95. The van der Waals surface area contributed by atoms with Gasteiger partial charge in [-0.15, -0.1) is 0 Å². The Morgan fingerprint density at radius 1 is 1.20 bits per heavy atom. The molecule has 8 nitrogen and oxygen atoms in total. The third kappa shape index (κ3) is 3.91. The Bertz CT molecular complexity index is 1190. The number of aryl methyl sites for hydroxylation is 1. The summed E-state index contributed by atoms with van der Waals surface area (Å²) in [6.07, 6.45) is 0. The van der Waals surface area contributed by atoms with Crippen LogP contribution >= 0.6 is 11.6 Å². The van der Waals surface area contributed by atoms with Crippen LogP contribution in [-0.2, 0) is 9.59 Å². The van der Waals surface area contributed by atoms with E-state index < -0.39 is 17.6 Å². The minimum Gasteiger partial charge on any atom is -0.408 e. The fraction of sp³-hybridized carbons (Fsp3) is 0.286. The lowest BCUT2D eigenvalue weighted by Crippen LogP contribution is -2.56. The highest BCUT2D eigenvalue weighted by molar-refractivity contribution is 6.39. The van der Waals surface area contributed by atoms with Gasteiger partial charge in [-0.1, -0.05) is 11.6 Å². The van der Waals surface area contributed by atoms with Crippen molar-refractivity contribution < 1.29 is 14.0 Å². The summed E-state index contributed by atoms with van der Waals surface area (Å²) in [4.78, 5) is 42.8. The SMILES string of the molecule is Cc1cc(N2CCN(C(=O)C(=O)Nc3ccc4[nH]c(=O)oc4c3)[C@H](C)C2)ccc1Cl. The number of hydrogen-bond donors (Lipinski definition) is 2. The summed E-state index contributed by atoms with van der Waals surface area (Å²) >= 11 is 6.11. The number of hydrogen-bond acceptors (Lipinski definition) is 5. The lowest BCUT2D eigenvalue weighted by atomic mass is 10.1. The molecule has 2 heterocycles. The van der Waals surface area contributed by atoms with Gasteiger partial charge >= 0.3 is 17.6 Å². The smallest absolute Gasteiger partial charge is 0.408 e. The summed E-state index contributed by atoms with van der Waals surface area (Å²) in [7, 11) is 0. The molecule has 1 saturated heterocycles. The standard InChI is InChI=1S/C21H21ClN4O4/c1-12-9-15(4-5-16(12)22)25-7-8-26(13(2)11-25)20(28)19(27)23-14-3-6-17-18(10-14)30-21(29)24-17/h3-6,9-10,13H,7-8,11H2,1-2H3,(H,23,27)(H,24,29)/t13-/m1/s1. The molecule has 1 aliphatic rings. The first-order chi connectivity index (χ1) is 14.3. The normalized spacial score (nSPS) is 16.7. The highest BCUT2D eigenvalue weighted by Gasteiger charge is 2.31. The van der Waals surface area contributed by atoms with Crippen molar-refractivity contribution in [3.05, 3.63) is 57.5 Å². The van der Waals surface area contributed by atoms with E-state index in [4.69, 9.17) is 16.0 Å².